The smallest absolute Gasteiger partial charge is 0.337 e. The van der Waals surface area contributed by atoms with E-state index in [1.54, 1.807) is 18.2 Å². The van der Waals surface area contributed by atoms with Crippen LogP contribution >= 0.6 is 22.9 Å². The highest BCUT2D eigenvalue weighted by molar-refractivity contribution is 7.13. The van der Waals surface area contributed by atoms with Gasteiger partial charge < -0.3 is 20.1 Å². The van der Waals surface area contributed by atoms with Crippen molar-refractivity contribution in [2.75, 3.05) is 13.7 Å². The average Bonchev–Trinajstić information content (AvgIpc) is 3.60. The minimum atomic E-state index is -0.766. The molecule has 1 aliphatic rings. The lowest BCUT2D eigenvalue weighted by Gasteiger charge is -2.24. The Morgan fingerprint density at radius 3 is 2.83 bits per heavy atom. The molecule has 0 bridgehead atoms. The molecule has 2 aromatic heterocycles. The molecule has 2 aromatic carbocycles. The number of rotatable bonds is 7. The van der Waals surface area contributed by atoms with Crippen LogP contribution in [-0.2, 0) is 22.6 Å². The number of esters is 1. The minimum Gasteiger partial charge on any atom is -0.465 e. The second-order valence-electron chi connectivity index (χ2n) is 8.55. The maximum atomic E-state index is 13.0. The van der Waals surface area contributed by atoms with E-state index in [0.717, 1.165) is 16.3 Å². The van der Waals surface area contributed by atoms with Gasteiger partial charge in [-0.15, -0.1) is 11.3 Å². The Labute approximate surface area is 216 Å². The van der Waals surface area contributed by atoms with Crippen LogP contribution in [0.4, 0.5) is 0 Å². The third-order valence-electron chi connectivity index (χ3n) is 6.13. The number of benzene rings is 2. The molecule has 0 radical (unpaired) electrons. The second-order valence-corrected chi connectivity index (χ2v) is 9.84. The molecule has 0 saturated carbocycles. The Kier molecular flexibility index (Phi) is 7.01. The maximum Gasteiger partial charge on any atom is 0.337 e. The van der Waals surface area contributed by atoms with Crippen LogP contribution in [0.25, 0.3) is 21.6 Å². The molecule has 2 unspecified atom stereocenters. The molecule has 1 amide bonds. The Hall–Kier alpha value is -3.31. The van der Waals surface area contributed by atoms with Crippen LogP contribution in [0, 0.1) is 0 Å². The van der Waals surface area contributed by atoms with E-state index in [0.29, 0.717) is 47.0 Å². The van der Waals surface area contributed by atoms with Crippen molar-refractivity contribution in [3.8, 4) is 10.6 Å². The number of nitrogens with zero attached hydrogens (tertiary/aromatic N) is 3. The van der Waals surface area contributed by atoms with Gasteiger partial charge in [-0.05, 0) is 36.8 Å². The number of aromatic nitrogens is 3. The van der Waals surface area contributed by atoms with Gasteiger partial charge in [0.15, 0.2) is 0 Å². The summed E-state index contributed by atoms with van der Waals surface area (Å²) in [6.45, 7) is 1.21. The molecular formula is C25H24ClN5O4S. The van der Waals surface area contributed by atoms with Gasteiger partial charge in [-0.3, -0.25) is 9.69 Å². The molecule has 186 valence electrons. The van der Waals surface area contributed by atoms with E-state index in [4.69, 9.17) is 21.3 Å². The largest absolute Gasteiger partial charge is 0.465 e. The summed E-state index contributed by atoms with van der Waals surface area (Å²) in [6, 6.07) is 11.8. The highest BCUT2D eigenvalue weighted by Crippen LogP contribution is 2.27. The number of aliphatic hydroxyl groups is 1. The normalized spacial score (nSPS) is 18.0. The van der Waals surface area contributed by atoms with Crippen molar-refractivity contribution in [1.29, 1.82) is 0 Å². The van der Waals surface area contributed by atoms with Crippen LogP contribution in [0.3, 0.4) is 0 Å². The van der Waals surface area contributed by atoms with Crippen molar-refractivity contribution in [1.82, 2.24) is 25.2 Å². The summed E-state index contributed by atoms with van der Waals surface area (Å²) in [5, 5.41) is 16.9. The van der Waals surface area contributed by atoms with E-state index in [9.17, 15) is 14.7 Å². The fourth-order valence-corrected chi connectivity index (χ4v) is 5.28. The molecule has 1 aliphatic heterocycles. The highest BCUT2D eigenvalue weighted by atomic mass is 35.5. The fourth-order valence-electron chi connectivity index (χ4n) is 4.34. The third-order valence-corrected chi connectivity index (χ3v) is 7.32. The third kappa shape index (κ3) is 5.12. The average molecular weight is 526 g/mol. The number of likely N-dealkylation sites (tertiary alicyclic amines) is 1. The van der Waals surface area contributed by atoms with Crippen LogP contribution in [-0.4, -0.2) is 62.6 Å². The lowest BCUT2D eigenvalue weighted by atomic mass is 10.1. The number of aliphatic hydroxyl groups excluding tert-OH is 1. The first-order chi connectivity index (χ1) is 17.4. The minimum absolute atomic E-state index is 0.162. The Balaban J connectivity index is 1.23. The first-order valence-corrected chi connectivity index (χ1v) is 12.6. The lowest BCUT2D eigenvalue weighted by molar-refractivity contribution is -0.128. The predicted molar refractivity (Wildman–Crippen MR) is 137 cm³/mol. The fraction of sp³-hybridized carbons (Fsp3) is 0.280. The van der Waals surface area contributed by atoms with E-state index in [1.165, 1.54) is 18.4 Å². The van der Waals surface area contributed by atoms with Gasteiger partial charge in [0.1, 0.15) is 16.9 Å². The number of halogens is 1. The zero-order valence-electron chi connectivity index (χ0n) is 19.4. The number of aromatic amines is 1. The van der Waals surface area contributed by atoms with Gasteiger partial charge in [0, 0.05) is 29.1 Å². The summed E-state index contributed by atoms with van der Waals surface area (Å²) in [5.74, 6) is -0.160. The number of hydrogen-bond acceptors (Lipinski definition) is 8. The molecule has 5 rings (SSSR count). The number of ether oxygens (including phenoxy) is 1. The van der Waals surface area contributed by atoms with E-state index >= 15 is 0 Å². The van der Waals surface area contributed by atoms with Gasteiger partial charge in [0.2, 0.25) is 5.91 Å². The summed E-state index contributed by atoms with van der Waals surface area (Å²) in [4.78, 5) is 39.0. The number of nitrogens with one attached hydrogen (secondary N) is 2. The van der Waals surface area contributed by atoms with Crippen LogP contribution in [0.2, 0.25) is 5.02 Å². The number of H-pyrrole nitrogens is 1. The number of imidazole rings is 1. The van der Waals surface area contributed by atoms with Gasteiger partial charge in [-0.1, -0.05) is 23.7 Å². The molecule has 11 heteroatoms. The monoisotopic (exact) mass is 525 g/mol. The van der Waals surface area contributed by atoms with Crippen LogP contribution < -0.4 is 5.32 Å². The van der Waals surface area contributed by atoms with E-state index in [2.05, 4.69) is 15.3 Å². The molecule has 2 atom stereocenters. The Morgan fingerprint density at radius 2 is 2.06 bits per heavy atom. The van der Waals surface area contributed by atoms with Crippen molar-refractivity contribution < 1.29 is 19.4 Å². The summed E-state index contributed by atoms with van der Waals surface area (Å²) < 4.78 is 4.75. The molecule has 3 heterocycles. The van der Waals surface area contributed by atoms with Crippen molar-refractivity contribution in [3.63, 3.8) is 0 Å². The number of fused-ring (bicyclic) bond motifs is 1. The molecule has 0 spiro atoms. The molecule has 1 saturated heterocycles. The van der Waals surface area contributed by atoms with Crippen LogP contribution in [0.15, 0.2) is 47.8 Å². The van der Waals surface area contributed by atoms with Crippen molar-refractivity contribution in [3.05, 3.63) is 69.9 Å². The summed E-state index contributed by atoms with van der Waals surface area (Å²) in [7, 11) is 1.33. The predicted octanol–water partition coefficient (Wildman–Crippen LogP) is 3.38. The SMILES string of the molecule is COC(=O)c1ccc2nc(CNC(=O)C3C(O)CCN3Cc3csc(-c4ccc(Cl)cc4)n3)[nH]c2c1. The molecular weight excluding hydrogens is 502 g/mol. The Morgan fingerprint density at radius 1 is 1.25 bits per heavy atom. The van der Waals surface area contributed by atoms with Gasteiger partial charge in [0.05, 0.1) is 42.0 Å². The molecule has 0 aliphatic carbocycles. The van der Waals surface area contributed by atoms with Gasteiger partial charge in [0.25, 0.3) is 0 Å². The van der Waals surface area contributed by atoms with Crippen LogP contribution in [0.1, 0.15) is 28.3 Å². The summed E-state index contributed by atoms with van der Waals surface area (Å²) in [5.41, 5.74) is 3.58. The first-order valence-electron chi connectivity index (χ1n) is 11.4. The second kappa shape index (κ2) is 10.4. The molecule has 3 N–H and O–H groups in total. The number of methoxy groups -OCH3 is 1. The number of hydrogen-bond donors (Lipinski definition) is 3. The molecule has 9 nitrogen and oxygen atoms in total. The molecule has 36 heavy (non-hydrogen) atoms. The lowest BCUT2D eigenvalue weighted by Crippen LogP contribution is -2.47. The van der Waals surface area contributed by atoms with Crippen LogP contribution in [0.5, 0.6) is 0 Å². The van der Waals surface area contributed by atoms with Crippen molar-refractivity contribution >= 4 is 45.8 Å². The standard InChI is InChI=1S/C25H24ClN5O4S/c1-35-25(34)15-4-7-18-19(10-15)30-21(29-18)11-27-23(33)22-20(32)8-9-31(22)12-17-13-36-24(28-17)14-2-5-16(26)6-3-14/h2-7,10,13,20,22,32H,8-9,11-12H2,1H3,(H,27,33)(H,29,30). The number of carbonyl (C=O) groups excluding carboxylic acids is 2. The van der Waals surface area contributed by atoms with E-state index in [1.807, 2.05) is 34.5 Å². The number of amides is 1. The Bertz CT molecular complexity index is 1400. The van der Waals surface area contributed by atoms with Crippen molar-refractivity contribution in [2.24, 2.45) is 0 Å². The van der Waals surface area contributed by atoms with Gasteiger partial charge in [-0.2, -0.15) is 0 Å². The summed E-state index contributed by atoms with van der Waals surface area (Å²) in [6.07, 6.45) is -0.259. The van der Waals surface area contributed by atoms with E-state index in [-0.39, 0.29) is 12.5 Å². The van der Waals surface area contributed by atoms with Gasteiger partial charge >= 0.3 is 5.97 Å². The zero-order chi connectivity index (χ0) is 25.2. The number of thiazole rings is 1. The van der Waals surface area contributed by atoms with Crippen molar-refractivity contribution in [2.45, 2.75) is 31.7 Å². The number of carbonyl (C=O) groups is 2. The molecule has 4 aromatic rings. The molecule has 1 fully saturated rings. The maximum absolute atomic E-state index is 13.0. The topological polar surface area (TPSA) is 120 Å². The quantitative estimate of drug-likeness (QED) is 0.316. The summed E-state index contributed by atoms with van der Waals surface area (Å²) >= 11 is 7.51. The highest BCUT2D eigenvalue weighted by Gasteiger charge is 2.38. The first kappa shape index (κ1) is 24.4. The van der Waals surface area contributed by atoms with E-state index < -0.39 is 18.1 Å². The zero-order valence-corrected chi connectivity index (χ0v) is 21.0. The van der Waals surface area contributed by atoms with Gasteiger partial charge in [-0.25, -0.2) is 14.8 Å².